The summed E-state index contributed by atoms with van der Waals surface area (Å²) in [7, 11) is 1.98. The molecule has 0 bridgehead atoms. The maximum atomic E-state index is 14.2. The van der Waals surface area contributed by atoms with Crippen LogP contribution in [0.2, 0.25) is 4.34 Å². The lowest BCUT2D eigenvalue weighted by molar-refractivity contribution is 0.308. The van der Waals surface area contributed by atoms with E-state index in [1.54, 1.807) is 0 Å². The first kappa shape index (κ1) is 18.1. The van der Waals surface area contributed by atoms with Gasteiger partial charge in [-0.2, -0.15) is 0 Å². The molecule has 1 heterocycles. The fourth-order valence-corrected chi connectivity index (χ4v) is 3.47. The van der Waals surface area contributed by atoms with Crippen molar-refractivity contribution in [3.63, 3.8) is 0 Å². The van der Waals surface area contributed by atoms with Crippen molar-refractivity contribution in [3.8, 4) is 10.9 Å². The van der Waals surface area contributed by atoms with E-state index in [-0.39, 0.29) is 0 Å². The number of aryl methyl sites for hydroxylation is 2. The Labute approximate surface area is 156 Å². The van der Waals surface area contributed by atoms with Crippen molar-refractivity contribution < 1.29 is 9.13 Å². The highest BCUT2D eigenvalue weighted by molar-refractivity contribution is 7.17. The van der Waals surface area contributed by atoms with Gasteiger partial charge < -0.3 is 9.64 Å². The number of thiazole rings is 1. The van der Waals surface area contributed by atoms with Gasteiger partial charge in [-0.25, -0.2) is 14.4 Å². The zero-order valence-corrected chi connectivity index (χ0v) is 16.3. The zero-order chi connectivity index (χ0) is 18.2. The Kier molecular flexibility index (Phi) is 5.02. The lowest BCUT2D eigenvalue weighted by atomic mass is 10.1. The van der Waals surface area contributed by atoms with Gasteiger partial charge >= 0.3 is 0 Å². The molecule has 134 valence electrons. The van der Waals surface area contributed by atoms with E-state index < -0.39 is 5.67 Å². The molecule has 0 radical (unpaired) electrons. The maximum Gasteiger partial charge on any atom is 0.280 e. The Bertz CT molecular complexity index is 817. The molecule has 0 aliphatic heterocycles. The molecule has 0 atom stereocenters. The van der Waals surface area contributed by atoms with Gasteiger partial charge in [0, 0.05) is 13.6 Å². The maximum absolute atomic E-state index is 14.2. The number of benzene rings is 1. The van der Waals surface area contributed by atoms with Gasteiger partial charge in [0.25, 0.3) is 5.19 Å². The average molecular weight is 382 g/mol. The van der Waals surface area contributed by atoms with Crippen molar-refractivity contribution in [1.29, 1.82) is 0 Å². The number of aliphatic imine (C=N–C) groups is 1. The molecule has 0 unspecified atom stereocenters. The van der Waals surface area contributed by atoms with Crippen LogP contribution in [0, 0.1) is 13.8 Å². The van der Waals surface area contributed by atoms with Crippen LogP contribution in [0.4, 0.5) is 10.1 Å². The summed E-state index contributed by atoms with van der Waals surface area (Å²) in [6.45, 7) is 6.89. The fourth-order valence-electron chi connectivity index (χ4n) is 2.31. The Morgan fingerprint density at radius 1 is 1.40 bits per heavy atom. The van der Waals surface area contributed by atoms with Gasteiger partial charge in [-0.3, -0.25) is 0 Å². The van der Waals surface area contributed by atoms with Crippen molar-refractivity contribution in [2.75, 3.05) is 13.6 Å². The van der Waals surface area contributed by atoms with Crippen molar-refractivity contribution in [2.45, 2.75) is 39.3 Å². The highest BCUT2D eigenvalue weighted by Crippen LogP contribution is 2.53. The van der Waals surface area contributed by atoms with Gasteiger partial charge in [0.2, 0.25) is 0 Å². The summed E-state index contributed by atoms with van der Waals surface area (Å²) in [6, 6.07) is 3.89. The summed E-state index contributed by atoms with van der Waals surface area (Å²) >= 11 is 7.30. The molecule has 0 N–H and O–H groups in total. The molecule has 25 heavy (non-hydrogen) atoms. The van der Waals surface area contributed by atoms with E-state index in [2.05, 4.69) is 16.9 Å². The summed E-state index contributed by atoms with van der Waals surface area (Å²) in [6.07, 6.45) is 2.77. The van der Waals surface area contributed by atoms with E-state index in [1.807, 2.05) is 44.3 Å². The van der Waals surface area contributed by atoms with E-state index in [0.717, 1.165) is 23.4 Å². The molecule has 1 aromatic carbocycles. The van der Waals surface area contributed by atoms with E-state index in [4.69, 9.17) is 16.3 Å². The number of halogens is 2. The number of hydrogen-bond acceptors (Lipinski definition) is 4. The molecule has 1 aliphatic rings. The molecular formula is C18H21ClFN3OS. The fraction of sp³-hybridized carbons (Fsp3) is 0.444. The minimum absolute atomic E-state index is 0.312. The van der Waals surface area contributed by atoms with E-state index in [0.29, 0.717) is 33.8 Å². The smallest absolute Gasteiger partial charge is 0.280 e. The third kappa shape index (κ3) is 3.96. The van der Waals surface area contributed by atoms with Crippen LogP contribution < -0.4 is 4.74 Å². The lowest BCUT2D eigenvalue weighted by Gasteiger charge is -2.11. The minimum Gasteiger partial charge on any atom is -0.431 e. The third-order valence-electron chi connectivity index (χ3n) is 4.26. The highest BCUT2D eigenvalue weighted by atomic mass is 35.5. The van der Waals surface area contributed by atoms with Crippen molar-refractivity contribution in [3.05, 3.63) is 33.3 Å². The SMILES string of the molecule is CCN(C)/C=N\c1cc(C)c(Oc2nc(C3(F)CC3)c(Cl)s2)cc1C. The van der Waals surface area contributed by atoms with Gasteiger partial charge in [0.05, 0.1) is 12.0 Å². The summed E-state index contributed by atoms with van der Waals surface area (Å²) in [4.78, 5) is 10.8. The second-order valence-electron chi connectivity index (χ2n) is 6.39. The largest absolute Gasteiger partial charge is 0.431 e. The molecule has 0 amide bonds. The second-order valence-corrected chi connectivity index (χ2v) is 7.96. The normalized spacial score (nSPS) is 15.6. The van der Waals surface area contributed by atoms with Crippen LogP contribution in [-0.2, 0) is 5.67 Å². The molecule has 1 aromatic heterocycles. The van der Waals surface area contributed by atoms with Crippen molar-refractivity contribution in [2.24, 2.45) is 4.99 Å². The second kappa shape index (κ2) is 6.92. The number of ether oxygens (including phenoxy) is 1. The van der Waals surface area contributed by atoms with Crippen molar-refractivity contribution in [1.82, 2.24) is 9.88 Å². The van der Waals surface area contributed by atoms with Gasteiger partial charge in [-0.15, -0.1) is 0 Å². The summed E-state index contributed by atoms with van der Waals surface area (Å²) < 4.78 is 20.4. The zero-order valence-electron chi connectivity index (χ0n) is 14.8. The predicted octanol–water partition coefficient (Wildman–Crippen LogP) is 5.78. The molecule has 3 rings (SSSR count). The number of hydrogen-bond donors (Lipinski definition) is 0. The van der Waals surface area contributed by atoms with Crippen LogP contribution in [0.5, 0.6) is 10.9 Å². The Morgan fingerprint density at radius 3 is 2.76 bits per heavy atom. The van der Waals surface area contributed by atoms with E-state index in [1.165, 1.54) is 11.3 Å². The van der Waals surface area contributed by atoms with Gasteiger partial charge in [0.1, 0.15) is 15.8 Å². The molecule has 4 nitrogen and oxygen atoms in total. The third-order valence-corrected chi connectivity index (χ3v) is 5.40. The molecule has 0 saturated heterocycles. The summed E-state index contributed by atoms with van der Waals surface area (Å²) in [5, 5.41) is 0.369. The van der Waals surface area contributed by atoms with Crippen LogP contribution in [0.1, 0.15) is 36.6 Å². The summed E-state index contributed by atoms with van der Waals surface area (Å²) in [5.41, 5.74) is 1.78. The molecule has 2 aromatic rings. The van der Waals surface area contributed by atoms with Crippen LogP contribution in [0.25, 0.3) is 0 Å². The molecular weight excluding hydrogens is 361 g/mol. The first-order chi connectivity index (χ1) is 11.8. The number of aromatic nitrogens is 1. The standard InChI is InChI=1S/C18H21ClFN3OS/c1-5-23(4)10-21-13-8-12(3)14(9-11(13)2)24-17-22-15(16(19)25-17)18(20)6-7-18/h8-10H,5-7H2,1-4H3/b21-10-. The highest BCUT2D eigenvalue weighted by Gasteiger charge is 2.49. The number of alkyl halides is 1. The molecule has 0 spiro atoms. The van der Waals surface area contributed by atoms with Gasteiger partial charge in [-0.05, 0) is 56.9 Å². The van der Waals surface area contributed by atoms with Crippen LogP contribution in [0.3, 0.4) is 0 Å². The van der Waals surface area contributed by atoms with Gasteiger partial charge in [0.15, 0.2) is 5.67 Å². The minimum atomic E-state index is -1.36. The topological polar surface area (TPSA) is 37.7 Å². The quantitative estimate of drug-likeness (QED) is 0.470. The average Bonchev–Trinajstić information content (AvgIpc) is 3.20. The lowest BCUT2D eigenvalue weighted by Crippen LogP contribution is -2.14. The van der Waals surface area contributed by atoms with E-state index >= 15 is 0 Å². The first-order valence-corrected chi connectivity index (χ1v) is 9.41. The number of rotatable bonds is 6. The van der Waals surface area contributed by atoms with Crippen LogP contribution in [-0.4, -0.2) is 29.8 Å². The monoisotopic (exact) mass is 381 g/mol. The Hall–Kier alpha value is -1.66. The van der Waals surface area contributed by atoms with Crippen molar-refractivity contribution >= 4 is 35.0 Å². The Balaban J connectivity index is 1.82. The first-order valence-electron chi connectivity index (χ1n) is 8.21. The van der Waals surface area contributed by atoms with Crippen LogP contribution in [0.15, 0.2) is 17.1 Å². The van der Waals surface area contributed by atoms with Gasteiger partial charge in [-0.1, -0.05) is 22.9 Å². The molecule has 7 heteroatoms. The van der Waals surface area contributed by atoms with E-state index in [9.17, 15) is 4.39 Å². The predicted molar refractivity (Wildman–Crippen MR) is 102 cm³/mol. The molecule has 1 aliphatic carbocycles. The van der Waals surface area contributed by atoms with Crippen LogP contribution >= 0.6 is 22.9 Å². The Morgan fingerprint density at radius 2 is 2.12 bits per heavy atom. The molecule has 1 fully saturated rings. The summed E-state index contributed by atoms with van der Waals surface area (Å²) in [5.74, 6) is 0.681. The number of nitrogens with zero attached hydrogens (tertiary/aromatic N) is 3. The molecule has 1 saturated carbocycles.